The Bertz CT molecular complexity index is 918. The number of imide groups is 1. The van der Waals surface area contributed by atoms with Crippen molar-refractivity contribution in [3.8, 4) is 0 Å². The number of halogens is 2. The maximum absolute atomic E-state index is 13.4. The van der Waals surface area contributed by atoms with E-state index in [2.05, 4.69) is 25.9 Å². The molecule has 3 heterocycles. The second-order valence-electron chi connectivity index (χ2n) is 7.14. The monoisotopic (exact) mass is 445 g/mol. The van der Waals surface area contributed by atoms with Gasteiger partial charge in [0.15, 0.2) is 0 Å². The standard InChI is InChI=1S/C20H17BrClN3O2/c21-13-4-8-15(9-5-13)25-19(26)16-17(12-2-6-14(22)7-3-12)23-10-1-11-24(23)18(16)20(25)27/h2-9,16-18H,1,10-11H2/t16-,17+,18+/m1/s1. The number of carbonyl (C=O) groups is 2. The molecule has 138 valence electrons. The molecule has 27 heavy (non-hydrogen) atoms. The molecule has 2 aromatic carbocycles. The smallest absolute Gasteiger partial charge is 0.253 e. The minimum Gasteiger partial charge on any atom is -0.274 e. The molecule has 5 nitrogen and oxygen atoms in total. The number of hydrazine groups is 1. The van der Waals surface area contributed by atoms with Crippen molar-refractivity contribution >= 4 is 45.0 Å². The Morgan fingerprint density at radius 1 is 0.852 bits per heavy atom. The minimum absolute atomic E-state index is 0.123. The van der Waals surface area contributed by atoms with Crippen LogP contribution >= 0.6 is 27.5 Å². The average molecular weight is 447 g/mol. The molecule has 2 aromatic rings. The predicted octanol–water partition coefficient (Wildman–Crippen LogP) is 3.64. The van der Waals surface area contributed by atoms with E-state index in [1.807, 2.05) is 36.4 Å². The second kappa shape index (κ2) is 6.41. The zero-order valence-electron chi connectivity index (χ0n) is 14.4. The molecule has 7 heteroatoms. The fourth-order valence-corrected chi connectivity index (χ4v) is 5.01. The van der Waals surface area contributed by atoms with E-state index < -0.39 is 12.0 Å². The van der Waals surface area contributed by atoms with Crippen molar-refractivity contribution in [2.75, 3.05) is 18.0 Å². The molecule has 0 spiro atoms. The molecule has 0 N–H and O–H groups in total. The van der Waals surface area contributed by atoms with E-state index >= 15 is 0 Å². The van der Waals surface area contributed by atoms with Crippen molar-refractivity contribution in [2.45, 2.75) is 18.5 Å². The van der Waals surface area contributed by atoms with Crippen LogP contribution in [0.4, 0.5) is 5.69 Å². The van der Waals surface area contributed by atoms with Crippen LogP contribution in [0.3, 0.4) is 0 Å². The van der Waals surface area contributed by atoms with Gasteiger partial charge in [-0.3, -0.25) is 9.59 Å². The number of fused-ring (bicyclic) bond motifs is 3. The number of hydrogen-bond donors (Lipinski definition) is 0. The van der Waals surface area contributed by atoms with Crippen molar-refractivity contribution in [1.29, 1.82) is 0 Å². The zero-order chi connectivity index (χ0) is 18.7. The van der Waals surface area contributed by atoms with E-state index in [-0.39, 0.29) is 17.9 Å². The molecule has 0 bridgehead atoms. The van der Waals surface area contributed by atoms with E-state index in [0.717, 1.165) is 29.5 Å². The summed E-state index contributed by atoms with van der Waals surface area (Å²) in [4.78, 5) is 28.0. The highest BCUT2D eigenvalue weighted by Gasteiger charge is 2.62. The quantitative estimate of drug-likeness (QED) is 0.661. The second-order valence-corrected chi connectivity index (χ2v) is 8.49. The number of carbonyl (C=O) groups excluding carboxylic acids is 2. The predicted molar refractivity (Wildman–Crippen MR) is 106 cm³/mol. The highest BCUT2D eigenvalue weighted by atomic mass is 79.9. The molecule has 3 atom stereocenters. The molecule has 0 aliphatic carbocycles. The summed E-state index contributed by atoms with van der Waals surface area (Å²) in [6.45, 7) is 1.66. The lowest BCUT2D eigenvalue weighted by Crippen LogP contribution is -2.44. The molecule has 0 aromatic heterocycles. The third-order valence-corrected chi connectivity index (χ3v) is 6.48. The van der Waals surface area contributed by atoms with Gasteiger partial charge >= 0.3 is 0 Å². The first kappa shape index (κ1) is 17.4. The fourth-order valence-electron chi connectivity index (χ4n) is 4.62. The summed E-state index contributed by atoms with van der Waals surface area (Å²) in [5.41, 5.74) is 1.65. The molecule has 3 saturated heterocycles. The highest BCUT2D eigenvalue weighted by Crippen LogP contribution is 2.49. The first-order valence-corrected chi connectivity index (χ1v) is 10.2. The average Bonchev–Trinajstić information content (AvgIpc) is 3.30. The highest BCUT2D eigenvalue weighted by molar-refractivity contribution is 9.10. The van der Waals surface area contributed by atoms with Crippen molar-refractivity contribution in [2.24, 2.45) is 5.92 Å². The number of hydrogen-bond acceptors (Lipinski definition) is 4. The Labute approximate surface area is 170 Å². The summed E-state index contributed by atoms with van der Waals surface area (Å²) in [5, 5.41) is 4.97. The number of amides is 2. The van der Waals surface area contributed by atoms with Gasteiger partial charge in [-0.2, -0.15) is 0 Å². The Morgan fingerprint density at radius 3 is 2.15 bits per heavy atom. The van der Waals surface area contributed by atoms with Crippen LogP contribution in [-0.2, 0) is 9.59 Å². The van der Waals surface area contributed by atoms with Gasteiger partial charge < -0.3 is 0 Å². The Kier molecular flexibility index (Phi) is 4.13. The van der Waals surface area contributed by atoms with Gasteiger partial charge in [-0.25, -0.2) is 14.9 Å². The normalized spacial score (nSPS) is 28.1. The van der Waals surface area contributed by atoms with E-state index in [4.69, 9.17) is 11.6 Å². The Morgan fingerprint density at radius 2 is 1.48 bits per heavy atom. The van der Waals surface area contributed by atoms with Crippen molar-refractivity contribution < 1.29 is 9.59 Å². The molecule has 0 unspecified atom stereocenters. The minimum atomic E-state index is -0.427. The molecular formula is C20H17BrClN3O2. The summed E-state index contributed by atoms with van der Waals surface area (Å²) >= 11 is 9.45. The molecule has 0 saturated carbocycles. The van der Waals surface area contributed by atoms with Crippen molar-refractivity contribution in [3.05, 3.63) is 63.6 Å². The van der Waals surface area contributed by atoms with Gasteiger partial charge in [0.2, 0.25) is 5.91 Å². The fraction of sp³-hybridized carbons (Fsp3) is 0.300. The number of nitrogens with zero attached hydrogens (tertiary/aromatic N) is 3. The van der Waals surface area contributed by atoms with Crippen molar-refractivity contribution in [1.82, 2.24) is 10.0 Å². The molecule has 5 rings (SSSR count). The van der Waals surface area contributed by atoms with E-state index in [9.17, 15) is 9.59 Å². The Balaban J connectivity index is 1.57. The summed E-state index contributed by atoms with van der Waals surface area (Å²) in [7, 11) is 0. The van der Waals surface area contributed by atoms with Gasteiger partial charge in [0, 0.05) is 22.6 Å². The first-order valence-electron chi connectivity index (χ1n) is 8.98. The van der Waals surface area contributed by atoms with E-state index in [1.165, 1.54) is 4.90 Å². The van der Waals surface area contributed by atoms with Gasteiger partial charge in [-0.05, 0) is 48.4 Å². The van der Waals surface area contributed by atoms with Crippen molar-refractivity contribution in [3.63, 3.8) is 0 Å². The molecule has 2 amide bonds. The molecular weight excluding hydrogens is 430 g/mol. The lowest BCUT2D eigenvalue weighted by atomic mass is 9.90. The molecule has 3 aliphatic heterocycles. The Hall–Kier alpha value is -1.73. The summed E-state index contributed by atoms with van der Waals surface area (Å²) in [5.74, 6) is -0.653. The number of rotatable bonds is 2. The van der Waals surface area contributed by atoms with Gasteiger partial charge in [-0.1, -0.05) is 39.7 Å². The van der Waals surface area contributed by atoms with Crippen LogP contribution in [0.5, 0.6) is 0 Å². The van der Waals surface area contributed by atoms with Gasteiger partial charge in [0.25, 0.3) is 5.91 Å². The molecule has 3 aliphatic rings. The summed E-state index contributed by atoms with van der Waals surface area (Å²) in [6.07, 6.45) is 0.993. The van der Waals surface area contributed by atoms with Crippen LogP contribution < -0.4 is 4.90 Å². The maximum Gasteiger partial charge on any atom is 0.253 e. The lowest BCUT2D eigenvalue weighted by molar-refractivity contribution is -0.126. The topological polar surface area (TPSA) is 43.9 Å². The molecule has 0 radical (unpaired) electrons. The zero-order valence-corrected chi connectivity index (χ0v) is 16.7. The third-order valence-electron chi connectivity index (χ3n) is 5.70. The first-order chi connectivity index (χ1) is 13.1. The van der Waals surface area contributed by atoms with Crippen LogP contribution in [0.1, 0.15) is 18.0 Å². The van der Waals surface area contributed by atoms with E-state index in [0.29, 0.717) is 10.7 Å². The van der Waals surface area contributed by atoms with Crippen LogP contribution in [0.25, 0.3) is 0 Å². The van der Waals surface area contributed by atoms with Gasteiger partial charge in [-0.15, -0.1) is 0 Å². The lowest BCUT2D eigenvalue weighted by Gasteiger charge is -2.29. The van der Waals surface area contributed by atoms with Crippen LogP contribution in [0, 0.1) is 5.92 Å². The van der Waals surface area contributed by atoms with Crippen LogP contribution in [0.2, 0.25) is 5.02 Å². The number of anilines is 1. The van der Waals surface area contributed by atoms with Crippen LogP contribution in [-0.4, -0.2) is 41.0 Å². The maximum atomic E-state index is 13.4. The van der Waals surface area contributed by atoms with Crippen LogP contribution in [0.15, 0.2) is 53.0 Å². The van der Waals surface area contributed by atoms with Gasteiger partial charge in [0.1, 0.15) is 6.04 Å². The number of benzene rings is 2. The third kappa shape index (κ3) is 2.58. The summed E-state index contributed by atoms with van der Waals surface area (Å²) < 4.78 is 0.912. The molecule has 3 fully saturated rings. The summed E-state index contributed by atoms with van der Waals surface area (Å²) in [6, 6.07) is 14.4. The SMILES string of the molecule is O=C1[C@H]2[C@@H](C(=O)N1c1ccc(Br)cc1)N1CCCN1[C@H]2c1ccc(Cl)cc1. The van der Waals surface area contributed by atoms with E-state index in [1.54, 1.807) is 12.1 Å². The van der Waals surface area contributed by atoms with Gasteiger partial charge in [0.05, 0.1) is 17.6 Å². The largest absolute Gasteiger partial charge is 0.274 e.